The van der Waals surface area contributed by atoms with Gasteiger partial charge in [0.05, 0.1) is 24.2 Å². The number of methoxy groups -OCH3 is 1. The Morgan fingerprint density at radius 3 is 2.32 bits per heavy atom. The zero-order valence-electron chi connectivity index (χ0n) is 19.4. The average Bonchev–Trinajstić information content (AvgIpc) is 2.81. The molecule has 34 heavy (non-hydrogen) atoms. The first-order valence-corrected chi connectivity index (χ1v) is 12.6. The Hall–Kier alpha value is -3.11. The minimum Gasteiger partial charge on any atom is -0.497 e. The van der Waals surface area contributed by atoms with Crippen molar-refractivity contribution in [3.8, 4) is 5.75 Å². The second kappa shape index (κ2) is 10.0. The molecule has 3 aromatic rings. The number of sulfonamides is 1. The van der Waals surface area contributed by atoms with E-state index in [0.717, 1.165) is 14.4 Å². The van der Waals surface area contributed by atoms with Gasteiger partial charge in [-0.15, -0.1) is 6.58 Å². The first-order chi connectivity index (χ1) is 16.0. The van der Waals surface area contributed by atoms with Gasteiger partial charge in [-0.1, -0.05) is 39.7 Å². The van der Waals surface area contributed by atoms with Crippen molar-refractivity contribution in [2.45, 2.75) is 24.8 Å². The summed E-state index contributed by atoms with van der Waals surface area (Å²) in [5.41, 5.74) is 0.343. The number of hydrogen-bond acceptors (Lipinski definition) is 5. The fourth-order valence-corrected chi connectivity index (χ4v) is 5.40. The molecule has 0 aliphatic carbocycles. The number of halogens is 1. The van der Waals surface area contributed by atoms with Gasteiger partial charge in [0.2, 0.25) is 0 Å². The van der Waals surface area contributed by atoms with E-state index in [1.165, 1.54) is 44.0 Å². The zero-order valence-corrected chi connectivity index (χ0v) is 21.8. The molecule has 0 aliphatic heterocycles. The van der Waals surface area contributed by atoms with Crippen molar-refractivity contribution in [2.24, 2.45) is 14.1 Å². The van der Waals surface area contributed by atoms with E-state index in [2.05, 4.69) is 22.5 Å². The van der Waals surface area contributed by atoms with Crippen LogP contribution in [0.4, 0.5) is 5.69 Å². The van der Waals surface area contributed by atoms with Crippen LogP contribution in [0.2, 0.25) is 0 Å². The monoisotopic (exact) mass is 547 g/mol. The number of ether oxygens (including phenoxy) is 1. The Morgan fingerprint density at radius 1 is 1.09 bits per heavy atom. The molecule has 3 rings (SSSR count). The third-order valence-electron chi connectivity index (χ3n) is 5.52. The van der Waals surface area contributed by atoms with E-state index in [-0.39, 0.29) is 29.2 Å². The largest absolute Gasteiger partial charge is 0.497 e. The van der Waals surface area contributed by atoms with Crippen LogP contribution in [0, 0.1) is 6.92 Å². The minimum atomic E-state index is -4.21. The summed E-state index contributed by atoms with van der Waals surface area (Å²) in [6.45, 7) is 5.39. The van der Waals surface area contributed by atoms with E-state index in [1.54, 1.807) is 30.3 Å². The van der Waals surface area contributed by atoms with E-state index < -0.39 is 21.3 Å². The maximum atomic E-state index is 13.9. The molecule has 0 unspecified atom stereocenters. The molecular formula is C24H26BrN3O5S. The van der Waals surface area contributed by atoms with E-state index in [0.29, 0.717) is 15.8 Å². The van der Waals surface area contributed by atoms with E-state index >= 15 is 0 Å². The number of anilines is 1. The van der Waals surface area contributed by atoms with Crippen LogP contribution in [0.3, 0.4) is 0 Å². The summed E-state index contributed by atoms with van der Waals surface area (Å²) >= 11 is 3.47. The molecule has 0 saturated carbocycles. The molecule has 0 amide bonds. The van der Waals surface area contributed by atoms with Crippen LogP contribution in [-0.2, 0) is 37.1 Å². The number of benzene rings is 2. The molecule has 180 valence electrons. The Morgan fingerprint density at radius 2 is 1.74 bits per heavy atom. The topological polar surface area (TPSA) is 90.6 Å². The zero-order chi connectivity index (χ0) is 25.2. The Kier molecular flexibility index (Phi) is 7.52. The standard InChI is InChI=1S/C24H26BrN3O5S/c1-6-7-21-22(23(29)27(4)24(30)26(21)3)28(15-17-14-18(33-5)10-13-20(17)25)34(31,32)19-11-8-16(2)9-12-19/h6,8-14H,1,7,15H2,2-5H3. The smallest absolute Gasteiger partial charge is 0.330 e. The van der Waals surface area contributed by atoms with Gasteiger partial charge in [-0.2, -0.15) is 0 Å². The van der Waals surface area contributed by atoms with Gasteiger partial charge in [0.25, 0.3) is 15.6 Å². The number of nitrogens with zero attached hydrogens (tertiary/aromatic N) is 3. The van der Waals surface area contributed by atoms with Crippen molar-refractivity contribution in [2.75, 3.05) is 11.4 Å². The summed E-state index contributed by atoms with van der Waals surface area (Å²) in [5, 5.41) is 0. The molecule has 2 aromatic carbocycles. The molecular weight excluding hydrogens is 522 g/mol. The second-order valence-corrected chi connectivity index (χ2v) is 10.5. The molecule has 0 atom stereocenters. The van der Waals surface area contributed by atoms with Crippen molar-refractivity contribution in [3.63, 3.8) is 0 Å². The number of aryl methyl sites for hydroxylation is 1. The lowest BCUT2D eigenvalue weighted by Gasteiger charge is -2.28. The number of allylic oxidation sites excluding steroid dienone is 1. The van der Waals surface area contributed by atoms with E-state index in [1.807, 2.05) is 6.92 Å². The molecule has 0 N–H and O–H groups in total. The van der Waals surface area contributed by atoms with Crippen LogP contribution in [0.25, 0.3) is 0 Å². The van der Waals surface area contributed by atoms with E-state index in [9.17, 15) is 18.0 Å². The minimum absolute atomic E-state index is 0.0255. The summed E-state index contributed by atoms with van der Waals surface area (Å²) < 4.78 is 37.1. The number of hydrogen-bond donors (Lipinski definition) is 0. The Labute approximate surface area is 206 Å². The van der Waals surface area contributed by atoms with Gasteiger partial charge < -0.3 is 4.74 Å². The molecule has 0 fully saturated rings. The first-order valence-electron chi connectivity index (χ1n) is 10.3. The normalized spacial score (nSPS) is 11.3. The average molecular weight is 548 g/mol. The van der Waals surface area contributed by atoms with Gasteiger partial charge in [0, 0.05) is 25.0 Å². The lowest BCUT2D eigenvalue weighted by molar-refractivity contribution is 0.414. The Bertz CT molecular complexity index is 1460. The van der Waals surface area contributed by atoms with E-state index in [4.69, 9.17) is 4.74 Å². The number of rotatable bonds is 8. The highest BCUT2D eigenvalue weighted by molar-refractivity contribution is 9.10. The highest BCUT2D eigenvalue weighted by Gasteiger charge is 2.32. The van der Waals surface area contributed by atoms with Gasteiger partial charge in [-0.3, -0.25) is 18.2 Å². The van der Waals surface area contributed by atoms with Gasteiger partial charge in [-0.25, -0.2) is 13.2 Å². The van der Waals surface area contributed by atoms with Crippen molar-refractivity contribution in [1.82, 2.24) is 9.13 Å². The molecule has 0 saturated heterocycles. The Balaban J connectivity index is 2.38. The SMILES string of the molecule is C=CCc1c(N(Cc2cc(OC)ccc2Br)S(=O)(=O)c2ccc(C)cc2)c(=O)n(C)c(=O)n1C. The fourth-order valence-electron chi connectivity index (χ4n) is 3.57. The van der Waals surface area contributed by atoms with Crippen molar-refractivity contribution in [1.29, 1.82) is 0 Å². The van der Waals surface area contributed by atoms with Crippen molar-refractivity contribution >= 4 is 31.6 Å². The maximum absolute atomic E-state index is 13.9. The predicted molar refractivity (Wildman–Crippen MR) is 136 cm³/mol. The molecule has 0 spiro atoms. The lowest BCUT2D eigenvalue weighted by atomic mass is 10.2. The molecule has 0 bridgehead atoms. The molecule has 1 heterocycles. The summed E-state index contributed by atoms with van der Waals surface area (Å²) in [7, 11) is 0.132. The first kappa shape index (κ1) is 25.5. The third-order valence-corrected chi connectivity index (χ3v) is 8.06. The number of aromatic nitrogens is 2. The second-order valence-electron chi connectivity index (χ2n) is 7.78. The lowest BCUT2D eigenvalue weighted by Crippen LogP contribution is -2.45. The molecule has 1 aromatic heterocycles. The summed E-state index contributed by atoms with van der Waals surface area (Å²) in [4.78, 5) is 26.0. The summed E-state index contributed by atoms with van der Waals surface area (Å²) in [6.07, 6.45) is 1.65. The van der Waals surface area contributed by atoms with Crippen LogP contribution < -0.4 is 20.3 Å². The van der Waals surface area contributed by atoms with Crippen LogP contribution in [0.5, 0.6) is 5.75 Å². The van der Waals surface area contributed by atoms with Gasteiger partial charge >= 0.3 is 5.69 Å². The van der Waals surface area contributed by atoms with Crippen molar-refractivity contribution in [3.05, 3.63) is 97.3 Å². The molecule has 10 heteroatoms. The third kappa shape index (κ3) is 4.74. The summed E-state index contributed by atoms with van der Waals surface area (Å²) in [5.74, 6) is 0.533. The van der Waals surface area contributed by atoms with Gasteiger partial charge in [-0.05, 0) is 42.8 Å². The summed E-state index contributed by atoms with van der Waals surface area (Å²) in [6, 6.07) is 11.6. The highest BCUT2D eigenvalue weighted by atomic mass is 79.9. The highest BCUT2D eigenvalue weighted by Crippen LogP contribution is 2.30. The maximum Gasteiger partial charge on any atom is 0.330 e. The molecule has 0 aliphatic rings. The van der Waals surface area contributed by atoms with Crippen molar-refractivity contribution < 1.29 is 13.2 Å². The van der Waals surface area contributed by atoms with Crippen LogP contribution in [-0.4, -0.2) is 24.7 Å². The van der Waals surface area contributed by atoms with Crippen LogP contribution in [0.1, 0.15) is 16.8 Å². The predicted octanol–water partition coefficient (Wildman–Crippen LogP) is 3.29. The van der Waals surface area contributed by atoms with Gasteiger partial charge in [0.1, 0.15) is 11.4 Å². The van der Waals surface area contributed by atoms with Crippen LogP contribution in [0.15, 0.2) is 74.1 Å². The molecule has 8 nitrogen and oxygen atoms in total. The fraction of sp³-hybridized carbons (Fsp3) is 0.250. The van der Waals surface area contributed by atoms with Crippen LogP contribution >= 0.6 is 15.9 Å². The van der Waals surface area contributed by atoms with Gasteiger partial charge in [0.15, 0.2) is 0 Å². The molecule has 0 radical (unpaired) electrons. The quantitative estimate of drug-likeness (QED) is 0.403.